The maximum atomic E-state index is 13.0. The highest BCUT2D eigenvalue weighted by Crippen LogP contribution is 2.43. The van der Waals surface area contributed by atoms with Gasteiger partial charge in [-0.25, -0.2) is 4.57 Å². The molecule has 3 N–H and O–H groups in total. The molecule has 0 rings (SSSR count). The molecular formula is C68H116N2O6P+. The molecule has 0 aromatic rings. The third kappa shape index (κ3) is 59.9. The summed E-state index contributed by atoms with van der Waals surface area (Å²) in [6.07, 6.45) is 88.1. The minimum atomic E-state index is -4.37. The smallest absolute Gasteiger partial charge is 0.387 e. The van der Waals surface area contributed by atoms with Crippen LogP contribution >= 0.6 is 7.82 Å². The van der Waals surface area contributed by atoms with Crippen molar-refractivity contribution >= 4 is 13.7 Å². The van der Waals surface area contributed by atoms with E-state index in [1.54, 1.807) is 6.08 Å². The highest BCUT2D eigenvalue weighted by atomic mass is 31.2. The maximum absolute atomic E-state index is 13.0. The van der Waals surface area contributed by atoms with Crippen LogP contribution in [0, 0.1) is 0 Å². The molecule has 0 heterocycles. The van der Waals surface area contributed by atoms with E-state index < -0.39 is 20.0 Å². The normalized spacial score (nSPS) is 14.8. The SMILES string of the molecule is CC/C=C\C/C=C\C/C=C\C/C=C\C/C=C\C/C=C\C/C=C\C/C=C\C/C=C\C/C=C\C/C=C\CCCCCC(=O)NC(COP(=O)(O)OCC[N+](C)(C)C)C(O)/C=C/CCCCCCCCCCCCCCCCCC. The topological polar surface area (TPSA) is 105 Å². The van der Waals surface area contributed by atoms with Crippen LogP contribution in [0.5, 0.6) is 0 Å². The van der Waals surface area contributed by atoms with Crippen molar-refractivity contribution in [1.29, 1.82) is 0 Å². The number of nitrogens with zero attached hydrogens (tertiary/aromatic N) is 1. The Bertz CT molecular complexity index is 1760. The van der Waals surface area contributed by atoms with Gasteiger partial charge in [0.25, 0.3) is 0 Å². The molecule has 0 spiro atoms. The molecule has 1 amide bonds. The van der Waals surface area contributed by atoms with Gasteiger partial charge in [-0.05, 0) is 103 Å². The molecule has 8 nitrogen and oxygen atoms in total. The molecule has 0 bridgehead atoms. The van der Waals surface area contributed by atoms with Gasteiger partial charge in [0, 0.05) is 6.42 Å². The average Bonchev–Trinajstić information content (AvgIpc) is 3.39. The number of likely N-dealkylation sites (N-methyl/N-ethyl adjacent to an activating group) is 1. The molecule has 3 unspecified atom stereocenters. The number of amides is 1. The number of phosphoric ester groups is 1. The lowest BCUT2D eigenvalue weighted by Crippen LogP contribution is -2.45. The fraction of sp³-hybridized carbons (Fsp3) is 0.632. The van der Waals surface area contributed by atoms with Crippen LogP contribution in [0.3, 0.4) is 0 Å². The number of rotatable bonds is 54. The van der Waals surface area contributed by atoms with Gasteiger partial charge < -0.3 is 19.8 Å². The van der Waals surface area contributed by atoms with Crippen LogP contribution in [-0.2, 0) is 18.4 Å². The Kier molecular flexibility index (Phi) is 54.4. The van der Waals surface area contributed by atoms with E-state index in [0.717, 1.165) is 109 Å². The Balaban J connectivity index is 4.28. The molecule has 9 heteroatoms. The molecule has 0 fully saturated rings. The summed E-state index contributed by atoms with van der Waals surface area (Å²) in [6, 6.07) is -0.876. The van der Waals surface area contributed by atoms with Gasteiger partial charge >= 0.3 is 7.82 Å². The van der Waals surface area contributed by atoms with Gasteiger partial charge in [0.1, 0.15) is 13.2 Å². The molecule has 0 aromatic carbocycles. The van der Waals surface area contributed by atoms with Crippen molar-refractivity contribution in [2.24, 2.45) is 0 Å². The van der Waals surface area contributed by atoms with Crippen LogP contribution in [0.4, 0.5) is 0 Å². The van der Waals surface area contributed by atoms with Crippen molar-refractivity contribution in [2.45, 2.75) is 238 Å². The van der Waals surface area contributed by atoms with Crippen molar-refractivity contribution in [2.75, 3.05) is 40.9 Å². The van der Waals surface area contributed by atoms with E-state index in [9.17, 15) is 19.4 Å². The Hall–Kier alpha value is -3.62. The molecule has 0 saturated heterocycles. The first-order valence-electron chi connectivity index (χ1n) is 30.7. The number of quaternary nitrogens is 1. The van der Waals surface area contributed by atoms with E-state index >= 15 is 0 Å². The molecule has 438 valence electrons. The highest BCUT2D eigenvalue weighted by Gasteiger charge is 2.27. The molecule has 0 aliphatic rings. The van der Waals surface area contributed by atoms with Gasteiger partial charge in [0.15, 0.2) is 0 Å². The zero-order valence-corrected chi connectivity index (χ0v) is 50.8. The molecule has 3 atom stereocenters. The number of carbonyl (C=O) groups is 1. The summed E-state index contributed by atoms with van der Waals surface area (Å²) in [6.45, 7) is 4.67. The number of allylic oxidation sites excluding steroid dienone is 23. The van der Waals surface area contributed by atoms with Gasteiger partial charge in [-0.15, -0.1) is 0 Å². The predicted octanol–water partition coefficient (Wildman–Crippen LogP) is 19.3. The maximum Gasteiger partial charge on any atom is 0.472 e. The van der Waals surface area contributed by atoms with Crippen molar-refractivity contribution < 1.29 is 32.9 Å². The van der Waals surface area contributed by atoms with Gasteiger partial charge in [-0.3, -0.25) is 13.8 Å². The number of carbonyl (C=O) groups excluding carboxylic acids is 1. The second-order valence-electron chi connectivity index (χ2n) is 21.3. The summed E-state index contributed by atoms with van der Waals surface area (Å²) >= 11 is 0. The van der Waals surface area contributed by atoms with E-state index in [1.807, 2.05) is 27.2 Å². The van der Waals surface area contributed by atoms with E-state index in [1.165, 1.54) is 89.9 Å². The van der Waals surface area contributed by atoms with E-state index in [2.05, 4.69) is 153 Å². The summed E-state index contributed by atoms with van der Waals surface area (Å²) in [5.74, 6) is -0.214. The number of hydrogen-bond acceptors (Lipinski definition) is 5. The average molecular weight is 1090 g/mol. The number of phosphoric acid groups is 1. The minimum absolute atomic E-state index is 0.0470. The van der Waals surface area contributed by atoms with Crippen LogP contribution in [0.25, 0.3) is 0 Å². The lowest BCUT2D eigenvalue weighted by molar-refractivity contribution is -0.870. The molecule has 0 saturated carbocycles. The van der Waals surface area contributed by atoms with Crippen molar-refractivity contribution in [1.82, 2.24) is 5.32 Å². The third-order valence-electron chi connectivity index (χ3n) is 12.8. The Morgan fingerprint density at radius 1 is 0.455 bits per heavy atom. The van der Waals surface area contributed by atoms with Crippen LogP contribution in [-0.4, -0.2) is 73.4 Å². The molecule has 0 radical (unpaired) electrons. The number of aliphatic hydroxyl groups is 1. The number of unbranched alkanes of at least 4 members (excludes halogenated alkanes) is 19. The predicted molar refractivity (Wildman–Crippen MR) is 336 cm³/mol. The van der Waals surface area contributed by atoms with Crippen molar-refractivity contribution in [3.63, 3.8) is 0 Å². The first-order valence-corrected chi connectivity index (χ1v) is 32.2. The van der Waals surface area contributed by atoms with Gasteiger partial charge in [0.05, 0.1) is 39.9 Å². The first-order chi connectivity index (χ1) is 37.5. The van der Waals surface area contributed by atoms with Crippen LogP contribution < -0.4 is 5.32 Å². The quantitative estimate of drug-likeness (QED) is 0.0243. The standard InChI is InChI=1S/C68H115N2O6P/c1-6-8-10-12-14-16-18-20-22-24-26-27-28-29-30-31-32-33-34-35-36-37-38-39-40-41-42-43-44-46-48-50-52-54-56-58-60-62-68(72)69-66(65-76-77(73,74)75-64-63-70(3,4)5)67(71)61-59-57-55-53-51-49-47-45-25-23-21-19-17-15-13-11-9-7-2/h8,10,14,16,20,22,26-27,29-30,32-33,35-36,38-39,41-42,44,46,50,52,59,61,66-67,71H,6-7,9,11-13,15,17-19,21,23-25,28,31,34,37,40,43,45,47-49,51,53-58,60,62-65H2,1-5H3,(H-,69,72,73,74)/p+1/b10-8-,16-14-,22-20-,27-26-,30-29-,33-32-,36-35-,39-38-,42-41-,46-44-,52-50-,61-59+. The lowest BCUT2D eigenvalue weighted by atomic mass is 10.0. The third-order valence-corrected chi connectivity index (χ3v) is 13.8. The first kappa shape index (κ1) is 73.4. The van der Waals surface area contributed by atoms with E-state index in [0.29, 0.717) is 23.9 Å². The van der Waals surface area contributed by atoms with Gasteiger partial charge in [-0.1, -0.05) is 262 Å². The van der Waals surface area contributed by atoms with Gasteiger partial charge in [-0.2, -0.15) is 0 Å². The highest BCUT2D eigenvalue weighted by molar-refractivity contribution is 7.47. The summed E-state index contributed by atoms with van der Waals surface area (Å²) < 4.78 is 23.7. The van der Waals surface area contributed by atoms with E-state index in [4.69, 9.17) is 9.05 Å². The Morgan fingerprint density at radius 2 is 0.779 bits per heavy atom. The zero-order valence-electron chi connectivity index (χ0n) is 49.9. The molecule has 77 heavy (non-hydrogen) atoms. The van der Waals surface area contributed by atoms with Crippen LogP contribution in [0.15, 0.2) is 146 Å². The van der Waals surface area contributed by atoms with Crippen molar-refractivity contribution in [3.8, 4) is 0 Å². The lowest BCUT2D eigenvalue weighted by Gasteiger charge is -2.25. The Labute approximate surface area is 474 Å². The number of nitrogens with one attached hydrogen (secondary N) is 1. The second-order valence-corrected chi connectivity index (χ2v) is 22.8. The summed E-state index contributed by atoms with van der Waals surface area (Å²) in [5, 5.41) is 13.9. The molecule has 0 aliphatic heterocycles. The molecule has 0 aromatic heterocycles. The minimum Gasteiger partial charge on any atom is -0.387 e. The van der Waals surface area contributed by atoms with Crippen molar-refractivity contribution in [3.05, 3.63) is 146 Å². The Morgan fingerprint density at radius 3 is 1.14 bits per heavy atom. The molecule has 0 aliphatic carbocycles. The summed E-state index contributed by atoms with van der Waals surface area (Å²) in [4.78, 5) is 23.3. The zero-order chi connectivity index (χ0) is 56.3. The van der Waals surface area contributed by atoms with Crippen LogP contribution in [0.1, 0.15) is 226 Å². The number of hydrogen-bond donors (Lipinski definition) is 3. The van der Waals surface area contributed by atoms with Gasteiger partial charge in [0.2, 0.25) is 5.91 Å². The molecular weight excluding hydrogens is 972 g/mol. The van der Waals surface area contributed by atoms with Crippen LogP contribution in [0.2, 0.25) is 0 Å². The fourth-order valence-electron chi connectivity index (χ4n) is 8.05. The fourth-order valence-corrected chi connectivity index (χ4v) is 8.78. The largest absolute Gasteiger partial charge is 0.472 e. The second kappa shape index (κ2) is 57.1. The van der Waals surface area contributed by atoms with E-state index in [-0.39, 0.29) is 19.1 Å². The summed E-state index contributed by atoms with van der Waals surface area (Å²) in [7, 11) is 1.53. The number of aliphatic hydroxyl groups excluding tert-OH is 1. The summed E-state index contributed by atoms with van der Waals surface area (Å²) in [5.41, 5.74) is 0. The monoisotopic (exact) mass is 1090 g/mol.